The van der Waals surface area contributed by atoms with E-state index in [1.165, 1.54) is 0 Å². The second-order valence-electron chi connectivity index (χ2n) is 3.46. The van der Waals surface area contributed by atoms with Crippen molar-refractivity contribution in [1.29, 1.82) is 0 Å². The van der Waals surface area contributed by atoms with Crippen LogP contribution < -0.4 is 5.32 Å². The minimum atomic E-state index is 0.187. The van der Waals surface area contributed by atoms with E-state index in [1.54, 1.807) is 7.11 Å². The van der Waals surface area contributed by atoms with E-state index in [9.17, 15) is 0 Å². The summed E-state index contributed by atoms with van der Waals surface area (Å²) in [6.45, 7) is 6.37. The summed E-state index contributed by atoms with van der Waals surface area (Å²) in [5.41, 5.74) is 1.35. The number of nitrogens with one attached hydrogen (secondary N) is 1. The lowest BCUT2D eigenvalue weighted by Gasteiger charge is -2.09. The Morgan fingerprint density at radius 1 is 1.75 bits per heavy atom. The van der Waals surface area contributed by atoms with Crippen molar-refractivity contribution in [2.24, 2.45) is 5.16 Å². The van der Waals surface area contributed by atoms with Gasteiger partial charge in [0.1, 0.15) is 7.11 Å². The maximum atomic E-state index is 4.82. The zero-order chi connectivity index (χ0) is 8.60. The van der Waals surface area contributed by atoms with Crippen LogP contribution >= 0.6 is 0 Å². The zero-order valence-electron chi connectivity index (χ0n) is 7.63. The Hall–Kier alpha value is -0.610. The lowest BCUT2D eigenvalue weighted by molar-refractivity contribution is 0.211. The topological polar surface area (TPSA) is 46.8 Å². The summed E-state index contributed by atoms with van der Waals surface area (Å²) in [5, 5.41) is 7.41. The molecule has 2 rings (SSSR count). The summed E-state index contributed by atoms with van der Waals surface area (Å²) in [6.07, 6.45) is 0. The molecule has 1 unspecified atom stereocenters. The monoisotopic (exact) mass is 169 g/mol. The van der Waals surface area contributed by atoms with Crippen LogP contribution in [0.4, 0.5) is 0 Å². The van der Waals surface area contributed by atoms with E-state index >= 15 is 0 Å². The molecule has 0 amide bonds. The third kappa shape index (κ3) is 1.11. The van der Waals surface area contributed by atoms with Crippen molar-refractivity contribution < 1.29 is 4.84 Å². The number of likely N-dealkylation sites (N-methyl/N-ethyl adjacent to an activating group) is 1. The largest absolute Gasteiger partial charge is 0.399 e. The van der Waals surface area contributed by atoms with E-state index in [0.717, 1.165) is 31.9 Å². The Morgan fingerprint density at radius 3 is 3.00 bits per heavy atom. The van der Waals surface area contributed by atoms with Gasteiger partial charge in [-0.25, -0.2) is 0 Å². The van der Waals surface area contributed by atoms with E-state index in [2.05, 4.69) is 22.3 Å². The molecular formula is C8H15N3O. The highest BCUT2D eigenvalue weighted by Crippen LogP contribution is 2.27. The van der Waals surface area contributed by atoms with E-state index in [1.807, 2.05) is 0 Å². The highest BCUT2D eigenvalue weighted by atomic mass is 16.6. The zero-order valence-corrected chi connectivity index (χ0v) is 7.63. The molecule has 2 aliphatic rings. The predicted molar refractivity (Wildman–Crippen MR) is 47.3 cm³/mol. The summed E-state index contributed by atoms with van der Waals surface area (Å²) in [4.78, 5) is 7.19. The van der Waals surface area contributed by atoms with Crippen LogP contribution in [0, 0.1) is 0 Å². The van der Waals surface area contributed by atoms with E-state index < -0.39 is 0 Å². The lowest BCUT2D eigenvalue weighted by Crippen LogP contribution is -2.27. The molecule has 0 bridgehead atoms. The fraction of sp³-hybridized carbons (Fsp3) is 0.875. The van der Waals surface area contributed by atoms with Gasteiger partial charge in [-0.05, 0) is 6.54 Å². The van der Waals surface area contributed by atoms with Crippen LogP contribution in [0.3, 0.4) is 0 Å². The van der Waals surface area contributed by atoms with Crippen molar-refractivity contribution in [3.8, 4) is 0 Å². The highest BCUT2D eigenvalue weighted by Gasteiger charge is 2.53. The Labute approximate surface area is 72.6 Å². The van der Waals surface area contributed by atoms with Gasteiger partial charge in [0.25, 0.3) is 0 Å². The number of hydrogen-bond acceptors (Lipinski definition) is 4. The SMILES string of the molecule is CCN1C/C(=N\OC)C2(CN2)C1. The molecule has 0 aliphatic carbocycles. The van der Waals surface area contributed by atoms with Crippen LogP contribution in [0.5, 0.6) is 0 Å². The van der Waals surface area contributed by atoms with Gasteiger partial charge in [0.05, 0.1) is 11.3 Å². The molecule has 0 aromatic heterocycles. The molecule has 0 radical (unpaired) electrons. The lowest BCUT2D eigenvalue weighted by atomic mass is 10.1. The molecule has 68 valence electrons. The maximum Gasteiger partial charge on any atom is 0.106 e. The summed E-state index contributed by atoms with van der Waals surface area (Å²) >= 11 is 0. The number of hydrogen-bond donors (Lipinski definition) is 1. The Morgan fingerprint density at radius 2 is 2.50 bits per heavy atom. The van der Waals surface area contributed by atoms with E-state index in [4.69, 9.17) is 4.84 Å². The molecule has 1 spiro atoms. The average Bonchev–Trinajstić information content (AvgIpc) is 2.74. The Balaban J connectivity index is 2.09. The van der Waals surface area contributed by atoms with Gasteiger partial charge in [-0.1, -0.05) is 12.1 Å². The minimum absolute atomic E-state index is 0.187. The molecule has 4 nitrogen and oxygen atoms in total. The molecule has 0 saturated carbocycles. The minimum Gasteiger partial charge on any atom is -0.399 e. The third-order valence-electron chi connectivity index (χ3n) is 2.67. The van der Waals surface area contributed by atoms with Gasteiger partial charge in [0.15, 0.2) is 0 Å². The van der Waals surface area contributed by atoms with Gasteiger partial charge < -0.3 is 10.2 Å². The summed E-state index contributed by atoms with van der Waals surface area (Å²) in [5.74, 6) is 0. The Bertz CT molecular complexity index is 210. The quantitative estimate of drug-likeness (QED) is 0.454. The van der Waals surface area contributed by atoms with Crippen molar-refractivity contribution >= 4 is 5.71 Å². The molecule has 2 aliphatic heterocycles. The first kappa shape index (κ1) is 8.01. The number of oxime groups is 1. The fourth-order valence-corrected chi connectivity index (χ4v) is 1.76. The number of likely N-dealkylation sites (tertiary alicyclic amines) is 1. The van der Waals surface area contributed by atoms with Gasteiger partial charge in [-0.15, -0.1) is 0 Å². The normalized spacial score (nSPS) is 38.0. The second-order valence-corrected chi connectivity index (χ2v) is 3.46. The van der Waals surface area contributed by atoms with Gasteiger partial charge in [-0.2, -0.15) is 0 Å². The summed E-state index contributed by atoms with van der Waals surface area (Å²) in [7, 11) is 1.61. The summed E-state index contributed by atoms with van der Waals surface area (Å²) in [6, 6.07) is 0. The van der Waals surface area contributed by atoms with Gasteiger partial charge in [0, 0.05) is 19.6 Å². The highest BCUT2D eigenvalue weighted by molar-refractivity contribution is 6.00. The molecule has 2 fully saturated rings. The van der Waals surface area contributed by atoms with E-state index in [0.29, 0.717) is 0 Å². The molecule has 0 aromatic carbocycles. The molecule has 12 heavy (non-hydrogen) atoms. The first-order valence-corrected chi connectivity index (χ1v) is 4.38. The standard InChI is InChI=1S/C8H15N3O/c1-3-11-4-7(10-12-2)8(6-11)5-9-8/h9H,3-6H2,1-2H3/b10-7+. The van der Waals surface area contributed by atoms with Crippen molar-refractivity contribution in [2.75, 3.05) is 33.3 Å². The van der Waals surface area contributed by atoms with Crippen LogP contribution in [0.1, 0.15) is 6.92 Å². The van der Waals surface area contributed by atoms with Crippen LogP contribution in [0.2, 0.25) is 0 Å². The molecular weight excluding hydrogens is 154 g/mol. The maximum absolute atomic E-state index is 4.82. The van der Waals surface area contributed by atoms with Crippen molar-refractivity contribution in [1.82, 2.24) is 10.2 Å². The van der Waals surface area contributed by atoms with E-state index in [-0.39, 0.29) is 5.54 Å². The van der Waals surface area contributed by atoms with Crippen LogP contribution in [0.15, 0.2) is 5.16 Å². The predicted octanol–water partition coefficient (Wildman–Crippen LogP) is -0.334. The second kappa shape index (κ2) is 2.71. The molecule has 1 N–H and O–H groups in total. The van der Waals surface area contributed by atoms with Crippen LogP contribution in [-0.2, 0) is 4.84 Å². The third-order valence-corrected chi connectivity index (χ3v) is 2.67. The molecule has 0 aromatic rings. The van der Waals surface area contributed by atoms with Crippen LogP contribution in [-0.4, -0.2) is 49.4 Å². The molecule has 4 heteroatoms. The average molecular weight is 169 g/mol. The fourth-order valence-electron chi connectivity index (χ4n) is 1.76. The smallest absolute Gasteiger partial charge is 0.106 e. The molecule has 2 heterocycles. The van der Waals surface area contributed by atoms with Crippen molar-refractivity contribution in [3.05, 3.63) is 0 Å². The van der Waals surface area contributed by atoms with Gasteiger partial charge in [0.2, 0.25) is 0 Å². The van der Waals surface area contributed by atoms with Crippen molar-refractivity contribution in [2.45, 2.75) is 12.5 Å². The van der Waals surface area contributed by atoms with Crippen molar-refractivity contribution in [3.63, 3.8) is 0 Å². The Kier molecular flexibility index (Phi) is 1.81. The van der Waals surface area contributed by atoms with Crippen LogP contribution in [0.25, 0.3) is 0 Å². The molecule has 1 atom stereocenters. The molecule has 2 saturated heterocycles. The number of nitrogens with zero attached hydrogens (tertiary/aromatic N) is 2. The first-order valence-electron chi connectivity index (χ1n) is 4.38. The summed E-state index contributed by atoms with van der Waals surface area (Å²) < 4.78 is 0. The van der Waals surface area contributed by atoms with Gasteiger partial charge in [-0.3, -0.25) is 4.90 Å². The first-order chi connectivity index (χ1) is 5.80. The van der Waals surface area contributed by atoms with Gasteiger partial charge >= 0.3 is 0 Å². The number of rotatable bonds is 2.